The predicted octanol–water partition coefficient (Wildman–Crippen LogP) is -0.00148. The molecule has 4 atom stereocenters. The molecule has 1 saturated heterocycles. The maximum Gasteiger partial charge on any atom is 0.256 e. The van der Waals surface area contributed by atoms with E-state index in [9.17, 15) is 20.1 Å². The number of ether oxygens (including phenoxy) is 1. The van der Waals surface area contributed by atoms with Gasteiger partial charge in [0.1, 0.15) is 30.5 Å². The summed E-state index contributed by atoms with van der Waals surface area (Å²) in [4.78, 5) is 25.2. The van der Waals surface area contributed by atoms with Crippen molar-refractivity contribution < 1.29 is 24.9 Å². The molecule has 4 N–H and O–H groups in total. The van der Waals surface area contributed by atoms with Crippen molar-refractivity contribution in [3.05, 3.63) is 48.0 Å². The summed E-state index contributed by atoms with van der Waals surface area (Å²) in [7, 11) is 0. The van der Waals surface area contributed by atoms with Crippen LogP contribution in [0.3, 0.4) is 0 Å². The van der Waals surface area contributed by atoms with Crippen LogP contribution in [0.4, 0.5) is 5.82 Å². The van der Waals surface area contributed by atoms with Crippen LogP contribution in [0.5, 0.6) is 0 Å². The maximum atomic E-state index is 12.5. The highest BCUT2D eigenvalue weighted by Crippen LogP contribution is 2.33. The molecule has 3 aromatic rings. The first-order valence-corrected chi connectivity index (χ1v) is 8.69. The minimum absolute atomic E-state index is 0.215. The summed E-state index contributed by atoms with van der Waals surface area (Å²) >= 11 is 0. The standard InChI is InChI=1S/C18H19N5O5/c1-9-21-12-15(22-17(27)10-5-3-2-4-6-10)19-8-20-16(12)23(9)18-14(26)13(25)11(7-24)28-18/h2-6,8,11,13-14,18,24-26H,7H2,1H3,(H,19,20,22,27)/t11-,13?,14+,18-/m1/s1. The fourth-order valence-corrected chi connectivity index (χ4v) is 3.28. The van der Waals surface area contributed by atoms with Crippen LogP contribution < -0.4 is 5.32 Å². The summed E-state index contributed by atoms with van der Waals surface area (Å²) < 4.78 is 7.10. The van der Waals surface area contributed by atoms with Gasteiger partial charge in [-0.05, 0) is 19.1 Å². The Morgan fingerprint density at radius 3 is 2.64 bits per heavy atom. The number of nitrogens with zero attached hydrogens (tertiary/aromatic N) is 4. The van der Waals surface area contributed by atoms with Gasteiger partial charge in [0.25, 0.3) is 5.91 Å². The molecule has 1 aliphatic heterocycles. The van der Waals surface area contributed by atoms with Crippen LogP contribution in [-0.2, 0) is 4.74 Å². The average Bonchev–Trinajstić information content (AvgIpc) is 3.19. The number of anilines is 1. The number of rotatable bonds is 4. The van der Waals surface area contributed by atoms with E-state index in [2.05, 4.69) is 20.3 Å². The molecule has 1 amide bonds. The molecule has 0 aliphatic carbocycles. The SMILES string of the molecule is Cc1nc2c(NC(=O)c3ccccc3)ncnc2n1[C@@H]1O[C@H](CO)C(O)[C@@H]1O. The van der Waals surface area contributed by atoms with Gasteiger partial charge in [-0.3, -0.25) is 9.36 Å². The number of hydrogen-bond donors (Lipinski definition) is 4. The lowest BCUT2D eigenvalue weighted by Gasteiger charge is -2.18. The Hall–Kier alpha value is -2.92. The Bertz CT molecular complexity index is 1010. The molecule has 1 unspecified atom stereocenters. The summed E-state index contributed by atoms with van der Waals surface area (Å²) in [5, 5.41) is 32.4. The lowest BCUT2D eigenvalue weighted by molar-refractivity contribution is -0.0519. The molecule has 28 heavy (non-hydrogen) atoms. The summed E-state index contributed by atoms with van der Waals surface area (Å²) in [5.74, 6) is 0.314. The van der Waals surface area contributed by atoms with Gasteiger partial charge in [-0.15, -0.1) is 0 Å². The van der Waals surface area contributed by atoms with Crippen LogP contribution in [0.25, 0.3) is 11.2 Å². The first-order chi connectivity index (χ1) is 13.5. The maximum absolute atomic E-state index is 12.5. The smallest absolute Gasteiger partial charge is 0.256 e. The van der Waals surface area contributed by atoms with Crippen molar-refractivity contribution in [3.8, 4) is 0 Å². The Morgan fingerprint density at radius 1 is 1.21 bits per heavy atom. The van der Waals surface area contributed by atoms with Gasteiger partial charge >= 0.3 is 0 Å². The molecule has 10 nitrogen and oxygen atoms in total. The highest BCUT2D eigenvalue weighted by atomic mass is 16.6. The van der Waals surface area contributed by atoms with Crippen LogP contribution >= 0.6 is 0 Å². The Morgan fingerprint density at radius 2 is 1.96 bits per heavy atom. The second kappa shape index (κ2) is 7.24. The molecule has 4 rings (SSSR count). The molecule has 0 bridgehead atoms. The van der Waals surface area contributed by atoms with Crippen molar-refractivity contribution in [2.24, 2.45) is 0 Å². The largest absolute Gasteiger partial charge is 0.394 e. The predicted molar refractivity (Wildman–Crippen MR) is 97.5 cm³/mol. The number of amides is 1. The number of aliphatic hydroxyl groups is 3. The second-order valence-electron chi connectivity index (χ2n) is 6.47. The number of carbonyl (C=O) groups is 1. The highest BCUT2D eigenvalue weighted by molar-refractivity contribution is 6.06. The van der Waals surface area contributed by atoms with E-state index in [4.69, 9.17) is 4.74 Å². The first-order valence-electron chi connectivity index (χ1n) is 8.69. The van der Waals surface area contributed by atoms with E-state index >= 15 is 0 Å². The van der Waals surface area contributed by atoms with E-state index < -0.39 is 31.1 Å². The number of aryl methyl sites for hydroxylation is 1. The van der Waals surface area contributed by atoms with Gasteiger partial charge < -0.3 is 25.4 Å². The zero-order valence-corrected chi connectivity index (χ0v) is 14.9. The molecule has 146 valence electrons. The fraction of sp³-hybridized carbons (Fsp3) is 0.333. The average molecular weight is 385 g/mol. The van der Waals surface area contributed by atoms with E-state index in [-0.39, 0.29) is 11.7 Å². The highest BCUT2D eigenvalue weighted by Gasteiger charge is 2.44. The second-order valence-corrected chi connectivity index (χ2v) is 6.47. The van der Waals surface area contributed by atoms with Gasteiger partial charge in [-0.1, -0.05) is 18.2 Å². The molecule has 0 saturated carbocycles. The Labute approximate surface area is 159 Å². The fourth-order valence-electron chi connectivity index (χ4n) is 3.28. The molecule has 2 aromatic heterocycles. The number of hydrogen-bond acceptors (Lipinski definition) is 8. The monoisotopic (exact) mass is 385 g/mol. The molecule has 10 heteroatoms. The van der Waals surface area contributed by atoms with Crippen LogP contribution in [0, 0.1) is 6.92 Å². The van der Waals surface area contributed by atoms with Crippen LogP contribution in [-0.4, -0.2) is 65.7 Å². The van der Waals surface area contributed by atoms with Gasteiger partial charge in [0.05, 0.1) is 6.61 Å². The minimum atomic E-state index is -1.27. The van der Waals surface area contributed by atoms with Crippen molar-refractivity contribution in [2.45, 2.75) is 31.5 Å². The summed E-state index contributed by atoms with van der Waals surface area (Å²) in [6.07, 6.45) is -3.15. The quantitative estimate of drug-likeness (QED) is 0.491. The molecule has 0 radical (unpaired) electrons. The molecule has 0 spiro atoms. The Kier molecular flexibility index (Phi) is 4.77. The van der Waals surface area contributed by atoms with Crippen molar-refractivity contribution in [1.29, 1.82) is 0 Å². The Balaban J connectivity index is 1.71. The summed E-state index contributed by atoms with van der Waals surface area (Å²) in [6.45, 7) is 1.24. The van der Waals surface area contributed by atoms with Crippen molar-refractivity contribution >= 4 is 22.9 Å². The van der Waals surface area contributed by atoms with Crippen molar-refractivity contribution in [3.63, 3.8) is 0 Å². The number of nitrogens with one attached hydrogen (secondary N) is 1. The van der Waals surface area contributed by atoms with Crippen molar-refractivity contribution in [1.82, 2.24) is 19.5 Å². The van der Waals surface area contributed by atoms with Gasteiger partial charge in [-0.25, -0.2) is 15.0 Å². The minimum Gasteiger partial charge on any atom is -0.394 e. The van der Waals surface area contributed by atoms with Gasteiger partial charge in [-0.2, -0.15) is 0 Å². The molecule has 1 aliphatic rings. The van der Waals surface area contributed by atoms with E-state index in [1.54, 1.807) is 31.2 Å². The van der Waals surface area contributed by atoms with E-state index in [1.165, 1.54) is 10.9 Å². The van der Waals surface area contributed by atoms with Crippen LogP contribution in [0.2, 0.25) is 0 Å². The van der Waals surface area contributed by atoms with E-state index in [0.717, 1.165) is 0 Å². The lowest BCUT2D eigenvalue weighted by atomic mass is 10.1. The van der Waals surface area contributed by atoms with Gasteiger partial charge in [0.15, 0.2) is 23.2 Å². The normalized spacial score (nSPS) is 24.6. The topological polar surface area (TPSA) is 143 Å². The number of aliphatic hydroxyl groups excluding tert-OH is 3. The third-order valence-corrected chi connectivity index (χ3v) is 4.69. The number of benzene rings is 1. The molecular formula is C18H19N5O5. The molecule has 1 fully saturated rings. The number of aromatic nitrogens is 4. The zero-order chi connectivity index (χ0) is 19.8. The zero-order valence-electron chi connectivity index (χ0n) is 14.9. The third-order valence-electron chi connectivity index (χ3n) is 4.69. The van der Waals surface area contributed by atoms with E-state index in [0.29, 0.717) is 22.6 Å². The first kappa shape index (κ1) is 18.4. The van der Waals surface area contributed by atoms with E-state index in [1.807, 2.05) is 6.07 Å². The van der Waals surface area contributed by atoms with Crippen molar-refractivity contribution in [2.75, 3.05) is 11.9 Å². The van der Waals surface area contributed by atoms with Gasteiger partial charge in [0, 0.05) is 5.56 Å². The molecule has 1 aromatic carbocycles. The molecular weight excluding hydrogens is 366 g/mol. The third kappa shape index (κ3) is 3.02. The summed E-state index contributed by atoms with van der Waals surface area (Å²) in [5.41, 5.74) is 1.11. The lowest BCUT2D eigenvalue weighted by Crippen LogP contribution is -2.33. The number of imidazole rings is 1. The summed E-state index contributed by atoms with van der Waals surface area (Å²) in [6, 6.07) is 8.68. The van der Waals surface area contributed by atoms with Crippen LogP contribution in [0.15, 0.2) is 36.7 Å². The molecule has 3 heterocycles. The van der Waals surface area contributed by atoms with Crippen LogP contribution in [0.1, 0.15) is 22.4 Å². The van der Waals surface area contributed by atoms with Gasteiger partial charge in [0.2, 0.25) is 0 Å². The number of carbonyl (C=O) groups excluding carboxylic acids is 1. The number of fused-ring (bicyclic) bond motifs is 1.